The van der Waals surface area contributed by atoms with Gasteiger partial charge in [0.1, 0.15) is 0 Å². The van der Waals surface area contributed by atoms with E-state index in [4.69, 9.17) is 9.47 Å². The second-order valence-electron chi connectivity index (χ2n) is 6.89. The average molecular weight is 377 g/mol. The molecule has 1 N–H and O–H groups in total. The van der Waals surface area contributed by atoms with Gasteiger partial charge in [-0.05, 0) is 37.1 Å². The Labute approximate surface area is 164 Å². The minimum atomic E-state index is 0.242. The minimum absolute atomic E-state index is 0.242. The van der Waals surface area contributed by atoms with Gasteiger partial charge in [-0.15, -0.1) is 5.10 Å². The van der Waals surface area contributed by atoms with Crippen molar-refractivity contribution in [2.24, 2.45) is 0 Å². The van der Waals surface area contributed by atoms with Crippen LogP contribution >= 0.6 is 0 Å². The van der Waals surface area contributed by atoms with E-state index in [1.54, 1.807) is 6.20 Å². The Hall–Kier alpha value is -3.35. The van der Waals surface area contributed by atoms with Gasteiger partial charge in [-0.3, -0.25) is 0 Å². The van der Waals surface area contributed by atoms with Crippen molar-refractivity contribution in [2.75, 3.05) is 17.0 Å². The van der Waals surface area contributed by atoms with Gasteiger partial charge in [-0.25, -0.2) is 0 Å². The molecule has 0 radical (unpaired) electrons. The quantitative estimate of drug-likeness (QED) is 0.674. The van der Waals surface area contributed by atoms with Crippen LogP contribution in [0.4, 0.5) is 11.8 Å². The van der Waals surface area contributed by atoms with E-state index in [2.05, 4.69) is 51.4 Å². The molecule has 0 atom stereocenters. The summed E-state index contributed by atoms with van der Waals surface area (Å²) in [6.45, 7) is 5.86. The summed E-state index contributed by atoms with van der Waals surface area (Å²) < 4.78 is 10.8. The van der Waals surface area contributed by atoms with Crippen LogP contribution in [0, 0.1) is 0 Å². The number of nitrogens with zero attached hydrogens (tertiary/aromatic N) is 4. The lowest BCUT2D eigenvalue weighted by atomic mass is 10.2. The van der Waals surface area contributed by atoms with E-state index in [0.29, 0.717) is 18.3 Å². The van der Waals surface area contributed by atoms with Crippen LogP contribution in [0.1, 0.15) is 25.0 Å². The third kappa shape index (κ3) is 4.14. The first-order valence-electron chi connectivity index (χ1n) is 9.32. The minimum Gasteiger partial charge on any atom is -0.454 e. The first-order chi connectivity index (χ1) is 13.7. The number of fused-ring (bicyclic) bond motifs is 1. The third-order valence-electron chi connectivity index (χ3n) is 4.53. The Kier molecular flexibility index (Phi) is 5.23. The summed E-state index contributed by atoms with van der Waals surface area (Å²) in [7, 11) is 0. The molecule has 0 bridgehead atoms. The molecule has 3 aromatic rings. The second kappa shape index (κ2) is 8.12. The fraction of sp³-hybridized carbons (Fsp3) is 0.286. The molecule has 28 heavy (non-hydrogen) atoms. The zero-order chi connectivity index (χ0) is 19.3. The molecule has 7 heteroatoms. The summed E-state index contributed by atoms with van der Waals surface area (Å²) >= 11 is 0. The maximum atomic E-state index is 5.43. The molecule has 0 saturated carbocycles. The van der Waals surface area contributed by atoms with Gasteiger partial charge in [0.2, 0.25) is 12.7 Å². The van der Waals surface area contributed by atoms with Crippen molar-refractivity contribution < 1.29 is 9.47 Å². The van der Waals surface area contributed by atoms with Gasteiger partial charge in [0, 0.05) is 19.1 Å². The van der Waals surface area contributed by atoms with E-state index in [1.165, 1.54) is 5.56 Å². The van der Waals surface area contributed by atoms with Gasteiger partial charge in [0.15, 0.2) is 17.3 Å². The molecule has 1 aromatic heterocycles. The van der Waals surface area contributed by atoms with Gasteiger partial charge < -0.3 is 19.7 Å². The van der Waals surface area contributed by atoms with Crippen molar-refractivity contribution in [1.29, 1.82) is 0 Å². The number of hydrogen-bond acceptors (Lipinski definition) is 7. The largest absolute Gasteiger partial charge is 0.454 e. The molecular formula is C21H23N5O2. The third-order valence-corrected chi connectivity index (χ3v) is 4.53. The van der Waals surface area contributed by atoms with Crippen LogP contribution in [0.25, 0.3) is 0 Å². The van der Waals surface area contributed by atoms with E-state index in [1.807, 2.05) is 36.4 Å². The Morgan fingerprint density at radius 2 is 1.86 bits per heavy atom. The van der Waals surface area contributed by atoms with Crippen LogP contribution < -0.4 is 19.7 Å². The predicted molar refractivity (Wildman–Crippen MR) is 107 cm³/mol. The summed E-state index contributed by atoms with van der Waals surface area (Å²) in [6.07, 6.45) is 1.64. The molecule has 1 aliphatic heterocycles. The molecule has 0 spiro atoms. The molecule has 0 amide bonds. The van der Waals surface area contributed by atoms with Gasteiger partial charge >= 0.3 is 0 Å². The maximum absolute atomic E-state index is 5.43. The highest BCUT2D eigenvalue weighted by molar-refractivity contribution is 5.46. The van der Waals surface area contributed by atoms with Crippen LogP contribution in [0.5, 0.6) is 11.5 Å². The highest BCUT2D eigenvalue weighted by Crippen LogP contribution is 2.32. The highest BCUT2D eigenvalue weighted by Gasteiger charge is 2.16. The van der Waals surface area contributed by atoms with Crippen molar-refractivity contribution in [3.8, 4) is 11.5 Å². The van der Waals surface area contributed by atoms with Crippen molar-refractivity contribution in [2.45, 2.75) is 33.0 Å². The van der Waals surface area contributed by atoms with Crippen molar-refractivity contribution in [1.82, 2.24) is 15.2 Å². The maximum Gasteiger partial charge on any atom is 0.247 e. The lowest BCUT2D eigenvalue weighted by Gasteiger charge is -2.26. The summed E-state index contributed by atoms with van der Waals surface area (Å²) in [5.74, 6) is 2.84. The van der Waals surface area contributed by atoms with E-state index in [-0.39, 0.29) is 12.8 Å². The molecule has 0 unspecified atom stereocenters. The van der Waals surface area contributed by atoms with Crippen LogP contribution in [0.2, 0.25) is 0 Å². The average Bonchev–Trinajstić information content (AvgIpc) is 3.19. The van der Waals surface area contributed by atoms with E-state index >= 15 is 0 Å². The number of hydrogen-bond donors (Lipinski definition) is 1. The fourth-order valence-electron chi connectivity index (χ4n) is 3.01. The van der Waals surface area contributed by atoms with E-state index < -0.39 is 0 Å². The summed E-state index contributed by atoms with van der Waals surface area (Å²) in [4.78, 5) is 6.80. The Morgan fingerprint density at radius 3 is 2.68 bits per heavy atom. The van der Waals surface area contributed by atoms with Crippen LogP contribution in [0.3, 0.4) is 0 Å². The lowest BCUT2D eigenvalue weighted by Crippen LogP contribution is -2.32. The lowest BCUT2D eigenvalue weighted by molar-refractivity contribution is 0.174. The van der Waals surface area contributed by atoms with Gasteiger partial charge in [-0.1, -0.05) is 36.4 Å². The standard InChI is InChI=1S/C21H23N5O2/c1-15(2)26(13-16-6-4-3-5-7-16)21-24-20(12-23-25-21)22-11-17-8-9-18-19(10-17)28-14-27-18/h3-10,12,15H,11,13-14H2,1-2H3,(H,22,24,25). The molecule has 2 heterocycles. The number of aromatic nitrogens is 3. The summed E-state index contributed by atoms with van der Waals surface area (Å²) in [6, 6.07) is 16.4. The van der Waals surface area contributed by atoms with Crippen molar-refractivity contribution in [3.05, 3.63) is 65.9 Å². The molecule has 4 rings (SSSR count). The van der Waals surface area contributed by atoms with Crippen LogP contribution in [-0.2, 0) is 13.1 Å². The monoisotopic (exact) mass is 377 g/mol. The first-order valence-corrected chi connectivity index (χ1v) is 9.32. The fourth-order valence-corrected chi connectivity index (χ4v) is 3.01. The predicted octanol–water partition coefficient (Wildman–Crippen LogP) is 3.63. The molecule has 0 saturated heterocycles. The summed E-state index contributed by atoms with van der Waals surface area (Å²) in [5.41, 5.74) is 2.29. The molecule has 0 fully saturated rings. The second-order valence-corrected chi connectivity index (χ2v) is 6.89. The molecule has 2 aromatic carbocycles. The van der Waals surface area contributed by atoms with Crippen molar-refractivity contribution in [3.63, 3.8) is 0 Å². The van der Waals surface area contributed by atoms with Crippen molar-refractivity contribution >= 4 is 11.8 Å². The van der Waals surface area contributed by atoms with E-state index in [9.17, 15) is 0 Å². The number of anilines is 2. The molecular weight excluding hydrogens is 354 g/mol. The zero-order valence-electron chi connectivity index (χ0n) is 16.0. The van der Waals surface area contributed by atoms with Gasteiger partial charge in [-0.2, -0.15) is 10.1 Å². The molecule has 1 aliphatic rings. The highest BCUT2D eigenvalue weighted by atomic mass is 16.7. The first kappa shape index (κ1) is 18.0. The molecule has 144 valence electrons. The smallest absolute Gasteiger partial charge is 0.247 e. The normalized spacial score (nSPS) is 12.2. The Balaban J connectivity index is 1.46. The SMILES string of the molecule is CC(C)N(Cc1ccccc1)c1nncc(NCc2ccc3c(c2)OCO3)n1. The number of ether oxygens (including phenoxy) is 2. The molecule has 7 nitrogen and oxygen atoms in total. The van der Waals surface area contributed by atoms with Crippen LogP contribution in [0.15, 0.2) is 54.7 Å². The number of rotatable bonds is 7. The Morgan fingerprint density at radius 1 is 1.04 bits per heavy atom. The zero-order valence-corrected chi connectivity index (χ0v) is 16.0. The number of benzene rings is 2. The number of nitrogens with one attached hydrogen (secondary N) is 1. The van der Waals surface area contributed by atoms with E-state index in [0.717, 1.165) is 23.6 Å². The van der Waals surface area contributed by atoms with Gasteiger partial charge in [0.05, 0.1) is 6.20 Å². The van der Waals surface area contributed by atoms with Crippen LogP contribution in [-0.4, -0.2) is 28.0 Å². The summed E-state index contributed by atoms with van der Waals surface area (Å²) in [5, 5.41) is 11.7. The molecule has 0 aliphatic carbocycles. The van der Waals surface area contributed by atoms with Gasteiger partial charge in [0.25, 0.3) is 0 Å². The Bertz CT molecular complexity index is 933. The topological polar surface area (TPSA) is 72.4 Å².